The van der Waals surface area contributed by atoms with Crippen molar-refractivity contribution in [1.82, 2.24) is 4.98 Å². The van der Waals surface area contributed by atoms with Crippen LogP contribution in [0.15, 0.2) is 29.4 Å². The van der Waals surface area contributed by atoms with E-state index in [1.807, 2.05) is 31.4 Å². The van der Waals surface area contributed by atoms with Crippen molar-refractivity contribution in [3.63, 3.8) is 0 Å². The van der Waals surface area contributed by atoms with Crippen LogP contribution in [0, 0.1) is 0 Å². The Bertz CT molecular complexity index is 276. The van der Waals surface area contributed by atoms with E-state index in [4.69, 9.17) is 0 Å². The maximum absolute atomic E-state index is 11.4. The SMILES string of the molecule is CSC(C)C(=O)Sc1ccccn1. The quantitative estimate of drug-likeness (QED) is 0.721. The summed E-state index contributed by atoms with van der Waals surface area (Å²) in [5.41, 5.74) is 0. The fourth-order valence-electron chi connectivity index (χ4n) is 0.690. The van der Waals surface area contributed by atoms with Gasteiger partial charge in [0.25, 0.3) is 0 Å². The molecule has 1 aromatic rings. The molecule has 0 aliphatic rings. The largest absolute Gasteiger partial charge is 0.286 e. The lowest BCUT2D eigenvalue weighted by molar-refractivity contribution is -0.110. The predicted octanol–water partition coefficient (Wildman–Crippen LogP) is 2.45. The average molecular weight is 213 g/mol. The molecule has 0 aromatic carbocycles. The minimum Gasteiger partial charge on any atom is -0.286 e. The predicted molar refractivity (Wildman–Crippen MR) is 58.1 cm³/mol. The first-order chi connectivity index (χ1) is 6.24. The molecule has 1 rings (SSSR count). The van der Waals surface area contributed by atoms with E-state index in [2.05, 4.69) is 4.98 Å². The first-order valence-corrected chi connectivity index (χ1v) is 6.00. The molecule has 0 aliphatic carbocycles. The number of hydrogen-bond donors (Lipinski definition) is 0. The molecule has 2 nitrogen and oxygen atoms in total. The number of aromatic nitrogens is 1. The lowest BCUT2D eigenvalue weighted by atomic mass is 10.5. The summed E-state index contributed by atoms with van der Waals surface area (Å²) in [5, 5.41) is 0.964. The van der Waals surface area contributed by atoms with Crippen LogP contribution in [0.3, 0.4) is 0 Å². The molecule has 1 unspecified atom stereocenters. The van der Waals surface area contributed by atoms with Crippen LogP contribution in [0.5, 0.6) is 0 Å². The Hall–Kier alpha value is -0.480. The highest BCUT2D eigenvalue weighted by atomic mass is 32.2. The van der Waals surface area contributed by atoms with E-state index in [1.165, 1.54) is 11.8 Å². The number of carbonyl (C=O) groups excluding carboxylic acids is 1. The Morgan fingerprint density at radius 3 is 2.85 bits per heavy atom. The Labute approximate surface area is 86.5 Å². The Morgan fingerprint density at radius 1 is 1.54 bits per heavy atom. The van der Waals surface area contributed by atoms with Crippen LogP contribution >= 0.6 is 23.5 Å². The van der Waals surface area contributed by atoms with Gasteiger partial charge in [-0.2, -0.15) is 11.8 Å². The average Bonchev–Trinajstić information content (AvgIpc) is 2.18. The number of thioether (sulfide) groups is 2. The highest BCUT2D eigenvalue weighted by molar-refractivity contribution is 8.15. The third kappa shape index (κ3) is 3.40. The highest BCUT2D eigenvalue weighted by Crippen LogP contribution is 2.21. The van der Waals surface area contributed by atoms with E-state index in [1.54, 1.807) is 18.0 Å². The Kier molecular flexibility index (Phi) is 4.32. The number of nitrogens with zero attached hydrogens (tertiary/aromatic N) is 1. The zero-order valence-electron chi connectivity index (χ0n) is 7.56. The van der Waals surface area contributed by atoms with Crippen molar-refractivity contribution in [1.29, 1.82) is 0 Å². The van der Waals surface area contributed by atoms with Gasteiger partial charge in [-0.25, -0.2) is 4.98 Å². The van der Waals surface area contributed by atoms with E-state index < -0.39 is 0 Å². The van der Waals surface area contributed by atoms with Gasteiger partial charge in [-0.3, -0.25) is 4.79 Å². The molecule has 0 saturated heterocycles. The van der Waals surface area contributed by atoms with E-state index >= 15 is 0 Å². The lowest BCUT2D eigenvalue weighted by Crippen LogP contribution is -2.07. The Morgan fingerprint density at radius 2 is 2.31 bits per heavy atom. The lowest BCUT2D eigenvalue weighted by Gasteiger charge is -2.04. The summed E-state index contributed by atoms with van der Waals surface area (Å²) in [6.45, 7) is 1.91. The van der Waals surface area contributed by atoms with E-state index in [9.17, 15) is 4.79 Å². The minimum absolute atomic E-state index is 0.0343. The molecule has 0 N–H and O–H groups in total. The monoisotopic (exact) mass is 213 g/mol. The molecule has 0 amide bonds. The highest BCUT2D eigenvalue weighted by Gasteiger charge is 2.12. The summed E-state index contributed by atoms with van der Waals surface area (Å²) in [6.07, 6.45) is 3.63. The summed E-state index contributed by atoms with van der Waals surface area (Å²) in [4.78, 5) is 15.5. The molecule has 13 heavy (non-hydrogen) atoms. The van der Waals surface area contributed by atoms with Crippen molar-refractivity contribution in [3.8, 4) is 0 Å². The zero-order valence-corrected chi connectivity index (χ0v) is 9.19. The molecule has 4 heteroatoms. The molecule has 0 fully saturated rings. The summed E-state index contributed by atoms with van der Waals surface area (Å²) in [6, 6.07) is 5.56. The van der Waals surface area contributed by atoms with Crippen LogP contribution in [-0.4, -0.2) is 21.6 Å². The van der Waals surface area contributed by atoms with Gasteiger partial charge in [0.1, 0.15) is 5.03 Å². The van der Waals surface area contributed by atoms with Gasteiger partial charge >= 0.3 is 0 Å². The number of rotatable bonds is 3. The fourth-order valence-corrected chi connectivity index (χ4v) is 1.95. The first-order valence-electron chi connectivity index (χ1n) is 3.89. The second kappa shape index (κ2) is 5.29. The molecular weight excluding hydrogens is 202 g/mol. The maximum atomic E-state index is 11.4. The van der Waals surface area contributed by atoms with Crippen molar-refractivity contribution < 1.29 is 4.79 Å². The molecule has 1 heterocycles. The van der Waals surface area contributed by atoms with Gasteiger partial charge in [0.2, 0.25) is 5.12 Å². The van der Waals surface area contributed by atoms with Gasteiger partial charge in [0, 0.05) is 6.20 Å². The van der Waals surface area contributed by atoms with Gasteiger partial charge in [0.05, 0.1) is 5.25 Å². The molecule has 70 valence electrons. The molecule has 1 atom stereocenters. The second-order valence-corrected chi connectivity index (χ2v) is 4.67. The van der Waals surface area contributed by atoms with Gasteiger partial charge in [0.15, 0.2) is 0 Å². The van der Waals surface area contributed by atoms with E-state index in [0.717, 1.165) is 5.03 Å². The molecule has 0 saturated carbocycles. The van der Waals surface area contributed by atoms with Gasteiger partial charge in [-0.05, 0) is 37.1 Å². The van der Waals surface area contributed by atoms with E-state index in [-0.39, 0.29) is 10.4 Å². The van der Waals surface area contributed by atoms with Crippen LogP contribution in [0.1, 0.15) is 6.92 Å². The number of hydrogen-bond acceptors (Lipinski definition) is 4. The molecule has 0 spiro atoms. The second-order valence-electron chi connectivity index (χ2n) is 2.47. The van der Waals surface area contributed by atoms with Crippen molar-refractivity contribution in [2.75, 3.05) is 6.26 Å². The summed E-state index contributed by atoms with van der Waals surface area (Å²) in [7, 11) is 0. The van der Waals surface area contributed by atoms with Crippen LogP contribution in [0.4, 0.5) is 0 Å². The van der Waals surface area contributed by atoms with Crippen LogP contribution in [0.25, 0.3) is 0 Å². The summed E-state index contributed by atoms with van der Waals surface area (Å²) < 4.78 is 0. The Balaban J connectivity index is 2.55. The van der Waals surface area contributed by atoms with Crippen LogP contribution in [-0.2, 0) is 4.79 Å². The van der Waals surface area contributed by atoms with Crippen molar-refractivity contribution in [2.45, 2.75) is 17.2 Å². The smallest absolute Gasteiger partial charge is 0.207 e. The topological polar surface area (TPSA) is 30.0 Å². The van der Waals surface area contributed by atoms with E-state index in [0.29, 0.717) is 0 Å². The van der Waals surface area contributed by atoms with Crippen LogP contribution < -0.4 is 0 Å². The summed E-state index contributed by atoms with van der Waals surface area (Å²) >= 11 is 2.76. The molecule has 0 radical (unpaired) electrons. The molecule has 0 bridgehead atoms. The molecule has 1 aromatic heterocycles. The van der Waals surface area contributed by atoms with Crippen molar-refractivity contribution >= 4 is 28.6 Å². The zero-order chi connectivity index (χ0) is 9.68. The molecular formula is C9H11NOS2. The van der Waals surface area contributed by atoms with Crippen LogP contribution in [0.2, 0.25) is 0 Å². The maximum Gasteiger partial charge on any atom is 0.207 e. The van der Waals surface area contributed by atoms with Gasteiger partial charge in [-0.1, -0.05) is 6.07 Å². The normalized spacial score (nSPS) is 12.5. The minimum atomic E-state index is 0.0343. The first kappa shape index (κ1) is 10.6. The summed E-state index contributed by atoms with van der Waals surface area (Å²) in [5.74, 6) is 0. The standard InChI is InChI=1S/C9H11NOS2/c1-7(12-2)9(11)13-8-5-3-4-6-10-8/h3-7H,1-2H3. The van der Waals surface area contributed by atoms with Gasteiger partial charge in [-0.15, -0.1) is 0 Å². The number of carbonyl (C=O) groups is 1. The fraction of sp³-hybridized carbons (Fsp3) is 0.333. The number of pyridine rings is 1. The van der Waals surface area contributed by atoms with Crippen molar-refractivity contribution in [2.24, 2.45) is 0 Å². The third-order valence-electron chi connectivity index (χ3n) is 1.53. The molecule has 0 aliphatic heterocycles. The van der Waals surface area contributed by atoms with Gasteiger partial charge < -0.3 is 0 Å². The van der Waals surface area contributed by atoms with Crippen molar-refractivity contribution in [3.05, 3.63) is 24.4 Å². The third-order valence-corrected chi connectivity index (χ3v) is 3.60.